The van der Waals surface area contributed by atoms with Gasteiger partial charge in [0.1, 0.15) is 0 Å². The van der Waals surface area contributed by atoms with Gasteiger partial charge in [-0.05, 0) is 24.7 Å². The van der Waals surface area contributed by atoms with Crippen LogP contribution in [0.2, 0.25) is 0 Å². The molecule has 0 aliphatic rings. The van der Waals surface area contributed by atoms with Crippen LogP contribution in [0.1, 0.15) is 26.7 Å². The molecular weight excluding hydrogens is 192 g/mol. The second kappa shape index (κ2) is 6.17. The number of hydrogen-bond donors (Lipinski definition) is 1. The summed E-state index contributed by atoms with van der Waals surface area (Å²) >= 11 is 3.42. The third-order valence-corrected chi connectivity index (χ3v) is 2.83. The second-order valence-electron chi connectivity index (χ2n) is 3.12. The van der Waals surface area contributed by atoms with Gasteiger partial charge in [-0.25, -0.2) is 0 Å². The van der Waals surface area contributed by atoms with Crippen molar-refractivity contribution < 1.29 is 5.11 Å². The maximum Gasteiger partial charge on any atom is 0.0456 e. The Morgan fingerprint density at radius 3 is 2.10 bits per heavy atom. The Morgan fingerprint density at radius 1 is 1.20 bits per heavy atom. The summed E-state index contributed by atoms with van der Waals surface area (Å²) in [7, 11) is 0. The lowest BCUT2D eigenvalue weighted by Crippen LogP contribution is -2.04. The number of rotatable bonds is 5. The van der Waals surface area contributed by atoms with Crippen molar-refractivity contribution in [3.8, 4) is 0 Å². The highest BCUT2D eigenvalue weighted by Gasteiger charge is 2.03. The molecule has 0 aliphatic carbocycles. The van der Waals surface area contributed by atoms with Gasteiger partial charge in [-0.15, -0.1) is 0 Å². The fraction of sp³-hybridized carbons (Fsp3) is 1.00. The van der Waals surface area contributed by atoms with Crippen LogP contribution in [-0.2, 0) is 0 Å². The summed E-state index contributed by atoms with van der Waals surface area (Å²) in [6.45, 7) is 4.63. The maximum atomic E-state index is 8.71. The van der Waals surface area contributed by atoms with Crippen molar-refractivity contribution in [1.29, 1.82) is 0 Å². The van der Waals surface area contributed by atoms with Gasteiger partial charge in [0, 0.05) is 11.9 Å². The van der Waals surface area contributed by atoms with E-state index in [-0.39, 0.29) is 0 Å². The standard InChI is InChI=1S/C8H17BrO/c1-7(5-9)3-4-8(2)6-10/h7-8,10H,3-6H2,1-2H3. The van der Waals surface area contributed by atoms with E-state index in [1.807, 2.05) is 0 Å². The highest BCUT2D eigenvalue weighted by molar-refractivity contribution is 9.09. The largest absolute Gasteiger partial charge is 0.396 e. The molecule has 10 heavy (non-hydrogen) atoms. The van der Waals surface area contributed by atoms with Crippen LogP contribution in [-0.4, -0.2) is 17.0 Å². The number of alkyl halides is 1. The van der Waals surface area contributed by atoms with E-state index in [2.05, 4.69) is 29.8 Å². The lowest BCUT2D eigenvalue weighted by molar-refractivity contribution is 0.224. The van der Waals surface area contributed by atoms with E-state index in [0.717, 1.165) is 17.7 Å². The van der Waals surface area contributed by atoms with E-state index in [1.165, 1.54) is 6.42 Å². The summed E-state index contributed by atoms with van der Waals surface area (Å²) in [5, 5.41) is 9.78. The smallest absolute Gasteiger partial charge is 0.0456 e. The van der Waals surface area contributed by atoms with Gasteiger partial charge >= 0.3 is 0 Å². The summed E-state index contributed by atoms with van der Waals surface area (Å²) in [4.78, 5) is 0. The molecule has 0 heterocycles. The first kappa shape index (κ1) is 10.4. The maximum absolute atomic E-state index is 8.71. The van der Waals surface area contributed by atoms with Gasteiger partial charge in [-0.1, -0.05) is 29.8 Å². The van der Waals surface area contributed by atoms with Gasteiger partial charge < -0.3 is 5.11 Å². The Morgan fingerprint density at radius 2 is 1.70 bits per heavy atom. The van der Waals surface area contributed by atoms with Crippen molar-refractivity contribution in [1.82, 2.24) is 0 Å². The van der Waals surface area contributed by atoms with Crippen molar-refractivity contribution >= 4 is 15.9 Å². The van der Waals surface area contributed by atoms with E-state index in [1.54, 1.807) is 0 Å². The second-order valence-corrected chi connectivity index (χ2v) is 3.77. The first-order chi connectivity index (χ1) is 4.70. The monoisotopic (exact) mass is 208 g/mol. The van der Waals surface area contributed by atoms with E-state index in [4.69, 9.17) is 5.11 Å². The van der Waals surface area contributed by atoms with Crippen LogP contribution < -0.4 is 0 Å². The van der Waals surface area contributed by atoms with E-state index in [0.29, 0.717) is 12.5 Å². The van der Waals surface area contributed by atoms with Crippen LogP contribution in [0, 0.1) is 11.8 Å². The molecule has 62 valence electrons. The molecule has 2 unspecified atom stereocenters. The molecule has 0 saturated heterocycles. The highest BCUT2D eigenvalue weighted by atomic mass is 79.9. The van der Waals surface area contributed by atoms with Crippen LogP contribution in [0.3, 0.4) is 0 Å². The van der Waals surface area contributed by atoms with E-state index < -0.39 is 0 Å². The number of halogens is 1. The highest BCUT2D eigenvalue weighted by Crippen LogP contribution is 2.13. The molecule has 0 saturated carbocycles. The van der Waals surface area contributed by atoms with Crippen LogP contribution in [0.5, 0.6) is 0 Å². The first-order valence-electron chi connectivity index (χ1n) is 3.87. The fourth-order valence-corrected chi connectivity index (χ4v) is 1.06. The minimum atomic E-state index is 0.328. The third-order valence-electron chi connectivity index (χ3n) is 1.73. The van der Waals surface area contributed by atoms with E-state index >= 15 is 0 Å². The molecule has 1 nitrogen and oxygen atoms in total. The van der Waals surface area contributed by atoms with E-state index in [9.17, 15) is 0 Å². The molecule has 2 heteroatoms. The zero-order valence-electron chi connectivity index (χ0n) is 6.81. The Bertz CT molecular complexity index is 65.7. The molecule has 0 bridgehead atoms. The lowest BCUT2D eigenvalue weighted by Gasteiger charge is -2.10. The molecule has 0 rings (SSSR count). The Hall–Kier alpha value is 0.440. The normalized spacial score (nSPS) is 16.8. The van der Waals surface area contributed by atoms with Gasteiger partial charge in [0.15, 0.2) is 0 Å². The molecule has 0 aromatic heterocycles. The van der Waals surface area contributed by atoms with Gasteiger partial charge in [0.25, 0.3) is 0 Å². The number of aliphatic hydroxyl groups excluding tert-OH is 1. The number of hydrogen-bond acceptors (Lipinski definition) is 1. The summed E-state index contributed by atoms with van der Waals surface area (Å²) in [6, 6.07) is 0. The molecule has 0 aromatic rings. The Kier molecular flexibility index (Phi) is 6.44. The third kappa shape index (κ3) is 5.24. The van der Waals surface area contributed by atoms with Crippen molar-refractivity contribution in [3.05, 3.63) is 0 Å². The summed E-state index contributed by atoms with van der Waals surface area (Å²) in [5.74, 6) is 1.22. The van der Waals surface area contributed by atoms with Gasteiger partial charge in [-0.2, -0.15) is 0 Å². The fourth-order valence-electron chi connectivity index (χ4n) is 0.737. The minimum Gasteiger partial charge on any atom is -0.396 e. The summed E-state index contributed by atoms with van der Waals surface area (Å²) in [6.07, 6.45) is 2.36. The molecule has 0 amide bonds. The summed E-state index contributed by atoms with van der Waals surface area (Å²) in [5.41, 5.74) is 0. The lowest BCUT2D eigenvalue weighted by atomic mass is 10.0. The molecule has 2 atom stereocenters. The van der Waals surface area contributed by atoms with Crippen molar-refractivity contribution in [2.45, 2.75) is 26.7 Å². The minimum absolute atomic E-state index is 0.328. The molecular formula is C8H17BrO. The zero-order valence-corrected chi connectivity index (χ0v) is 8.39. The van der Waals surface area contributed by atoms with Gasteiger partial charge in [0.2, 0.25) is 0 Å². The predicted molar refractivity (Wildman–Crippen MR) is 48.4 cm³/mol. The van der Waals surface area contributed by atoms with Gasteiger partial charge in [0.05, 0.1) is 0 Å². The van der Waals surface area contributed by atoms with Crippen LogP contribution >= 0.6 is 15.9 Å². The predicted octanol–water partition coefficient (Wildman–Crippen LogP) is 2.43. The zero-order chi connectivity index (χ0) is 7.98. The molecule has 0 aliphatic heterocycles. The SMILES string of the molecule is CC(CO)CCC(C)CBr. The topological polar surface area (TPSA) is 20.2 Å². The molecule has 0 fully saturated rings. The van der Waals surface area contributed by atoms with Crippen molar-refractivity contribution in [2.75, 3.05) is 11.9 Å². The molecule has 0 aromatic carbocycles. The van der Waals surface area contributed by atoms with Crippen LogP contribution in [0.25, 0.3) is 0 Å². The number of aliphatic hydroxyl groups is 1. The Balaban J connectivity index is 3.17. The molecule has 0 spiro atoms. The molecule has 0 radical (unpaired) electrons. The first-order valence-corrected chi connectivity index (χ1v) is 4.99. The Labute approximate surface area is 72.0 Å². The van der Waals surface area contributed by atoms with Crippen LogP contribution in [0.4, 0.5) is 0 Å². The summed E-state index contributed by atoms with van der Waals surface area (Å²) < 4.78 is 0. The van der Waals surface area contributed by atoms with Gasteiger partial charge in [-0.3, -0.25) is 0 Å². The van der Waals surface area contributed by atoms with Crippen molar-refractivity contribution in [2.24, 2.45) is 11.8 Å². The van der Waals surface area contributed by atoms with Crippen LogP contribution in [0.15, 0.2) is 0 Å². The van der Waals surface area contributed by atoms with Crippen molar-refractivity contribution in [3.63, 3.8) is 0 Å². The average Bonchev–Trinajstić information content (AvgIpc) is 1.99. The average molecular weight is 209 g/mol. The molecule has 1 N–H and O–H groups in total. The quantitative estimate of drug-likeness (QED) is 0.689.